The number of likely N-dealkylation sites (tertiary alicyclic amines) is 1. The van der Waals surface area contributed by atoms with Crippen molar-refractivity contribution in [1.29, 1.82) is 0 Å². The fourth-order valence-corrected chi connectivity index (χ4v) is 3.53. The molecule has 2 aromatic carbocycles. The van der Waals surface area contributed by atoms with Gasteiger partial charge in [0.25, 0.3) is 5.91 Å². The Hall–Kier alpha value is -2.17. The minimum atomic E-state index is 0.0351. The second-order valence-electron chi connectivity index (χ2n) is 7.62. The van der Waals surface area contributed by atoms with Gasteiger partial charge in [-0.3, -0.25) is 9.69 Å². The van der Waals surface area contributed by atoms with E-state index in [-0.39, 0.29) is 5.91 Å². The third kappa shape index (κ3) is 4.32. The fourth-order valence-electron chi connectivity index (χ4n) is 3.53. The number of carbonyl (C=O) groups is 1. The van der Waals surface area contributed by atoms with Gasteiger partial charge in [-0.25, -0.2) is 0 Å². The third-order valence-electron chi connectivity index (χ3n) is 5.19. The minimum absolute atomic E-state index is 0.0351. The van der Waals surface area contributed by atoms with E-state index in [4.69, 9.17) is 0 Å². The molecule has 26 heavy (non-hydrogen) atoms. The van der Waals surface area contributed by atoms with Crippen molar-refractivity contribution in [1.82, 2.24) is 14.7 Å². The number of carbonyl (C=O) groups excluding carboxylic acids is 1. The van der Waals surface area contributed by atoms with Crippen LogP contribution in [0.1, 0.15) is 22.3 Å². The number of nitrogens with zero attached hydrogens (tertiary/aromatic N) is 3. The molecule has 1 unspecified atom stereocenters. The summed E-state index contributed by atoms with van der Waals surface area (Å²) in [4.78, 5) is 18.6. The van der Waals surface area contributed by atoms with E-state index in [1.807, 2.05) is 18.2 Å². The zero-order valence-corrected chi connectivity index (χ0v) is 16.3. The molecule has 3 rings (SSSR count). The SMILES string of the molecule is CN(C)C(=O)c1cccc(-c2ccc(CN3CCC(N(C)C)C3)cc2)c1. The molecule has 4 nitrogen and oxygen atoms in total. The highest BCUT2D eigenvalue weighted by atomic mass is 16.2. The average molecular weight is 351 g/mol. The van der Waals surface area contributed by atoms with Crippen molar-refractivity contribution in [2.24, 2.45) is 0 Å². The molecule has 1 heterocycles. The van der Waals surface area contributed by atoms with Crippen molar-refractivity contribution in [3.8, 4) is 11.1 Å². The van der Waals surface area contributed by atoms with Gasteiger partial charge in [-0.1, -0.05) is 36.4 Å². The predicted octanol–water partition coefficient (Wildman–Crippen LogP) is 3.19. The first-order valence-electron chi connectivity index (χ1n) is 9.24. The lowest BCUT2D eigenvalue weighted by Crippen LogP contribution is -2.31. The normalized spacial score (nSPS) is 17.7. The molecule has 0 N–H and O–H groups in total. The Bertz CT molecular complexity index is 752. The van der Waals surface area contributed by atoms with Gasteiger partial charge >= 0.3 is 0 Å². The van der Waals surface area contributed by atoms with Crippen LogP contribution in [0.25, 0.3) is 11.1 Å². The van der Waals surface area contributed by atoms with Crippen LogP contribution in [0.2, 0.25) is 0 Å². The van der Waals surface area contributed by atoms with Crippen molar-refractivity contribution in [2.75, 3.05) is 41.3 Å². The van der Waals surface area contributed by atoms with Crippen LogP contribution in [0.4, 0.5) is 0 Å². The van der Waals surface area contributed by atoms with Gasteiger partial charge in [-0.2, -0.15) is 0 Å². The Labute approximate surface area is 157 Å². The second kappa shape index (κ2) is 8.02. The summed E-state index contributed by atoms with van der Waals surface area (Å²) in [5, 5.41) is 0. The number of likely N-dealkylation sites (N-methyl/N-ethyl adjacent to an activating group) is 1. The molecule has 1 atom stereocenters. The molecule has 2 aromatic rings. The summed E-state index contributed by atoms with van der Waals surface area (Å²) in [7, 11) is 7.89. The van der Waals surface area contributed by atoms with Crippen LogP contribution >= 0.6 is 0 Å². The summed E-state index contributed by atoms with van der Waals surface area (Å²) >= 11 is 0. The maximum absolute atomic E-state index is 12.2. The van der Waals surface area contributed by atoms with Gasteiger partial charge < -0.3 is 9.80 Å². The Morgan fingerprint density at radius 1 is 1.04 bits per heavy atom. The molecule has 0 spiro atoms. The van der Waals surface area contributed by atoms with Gasteiger partial charge in [0.2, 0.25) is 0 Å². The first kappa shape index (κ1) is 18.6. The van der Waals surface area contributed by atoms with Gasteiger partial charge in [0.05, 0.1) is 0 Å². The van der Waals surface area contributed by atoms with E-state index >= 15 is 0 Å². The molecular weight excluding hydrogens is 322 g/mol. The molecule has 1 amide bonds. The van der Waals surface area contributed by atoms with Crippen LogP contribution < -0.4 is 0 Å². The zero-order chi connectivity index (χ0) is 18.7. The Kier molecular flexibility index (Phi) is 5.74. The molecule has 1 aliphatic heterocycles. The molecule has 0 saturated carbocycles. The quantitative estimate of drug-likeness (QED) is 0.828. The van der Waals surface area contributed by atoms with Crippen molar-refractivity contribution in [2.45, 2.75) is 19.0 Å². The lowest BCUT2D eigenvalue weighted by molar-refractivity contribution is 0.0827. The van der Waals surface area contributed by atoms with Crippen LogP contribution in [-0.2, 0) is 6.54 Å². The van der Waals surface area contributed by atoms with Crippen LogP contribution in [0.15, 0.2) is 48.5 Å². The second-order valence-corrected chi connectivity index (χ2v) is 7.62. The summed E-state index contributed by atoms with van der Waals surface area (Å²) in [5.74, 6) is 0.0351. The highest BCUT2D eigenvalue weighted by molar-refractivity contribution is 5.95. The Morgan fingerprint density at radius 2 is 1.77 bits per heavy atom. The number of benzene rings is 2. The minimum Gasteiger partial charge on any atom is -0.345 e. The molecule has 1 aliphatic rings. The molecule has 0 aromatic heterocycles. The van der Waals surface area contributed by atoms with Crippen LogP contribution in [0, 0.1) is 0 Å². The number of hydrogen-bond donors (Lipinski definition) is 0. The zero-order valence-electron chi connectivity index (χ0n) is 16.3. The van der Waals surface area contributed by atoms with Crippen molar-refractivity contribution >= 4 is 5.91 Å². The predicted molar refractivity (Wildman–Crippen MR) is 107 cm³/mol. The summed E-state index contributed by atoms with van der Waals surface area (Å²) in [6, 6.07) is 17.3. The first-order chi connectivity index (χ1) is 12.4. The van der Waals surface area contributed by atoms with Crippen LogP contribution in [0.5, 0.6) is 0 Å². The standard InChI is InChI=1S/C22H29N3O/c1-23(2)21-12-13-25(16-21)15-17-8-10-18(11-9-17)19-6-5-7-20(14-19)22(26)24(3)4/h5-11,14,21H,12-13,15-16H2,1-4H3. The summed E-state index contributed by atoms with van der Waals surface area (Å²) < 4.78 is 0. The van der Waals surface area contributed by atoms with Gasteiger partial charge in [0, 0.05) is 45.3 Å². The molecule has 0 aliphatic carbocycles. The first-order valence-corrected chi connectivity index (χ1v) is 9.24. The van der Waals surface area contributed by atoms with Gasteiger partial charge in [0.1, 0.15) is 0 Å². The van der Waals surface area contributed by atoms with Crippen molar-refractivity contribution in [3.05, 3.63) is 59.7 Å². The molecule has 4 heteroatoms. The maximum Gasteiger partial charge on any atom is 0.253 e. The number of hydrogen-bond acceptors (Lipinski definition) is 3. The average Bonchev–Trinajstić information content (AvgIpc) is 3.10. The van der Waals surface area contributed by atoms with E-state index < -0.39 is 0 Å². The van der Waals surface area contributed by atoms with Crippen molar-refractivity contribution in [3.63, 3.8) is 0 Å². The molecule has 0 radical (unpaired) electrons. The fraction of sp³-hybridized carbons (Fsp3) is 0.409. The lowest BCUT2D eigenvalue weighted by Gasteiger charge is -2.20. The maximum atomic E-state index is 12.2. The summed E-state index contributed by atoms with van der Waals surface area (Å²) in [6.07, 6.45) is 1.25. The molecule has 138 valence electrons. The number of amides is 1. The molecule has 1 saturated heterocycles. The van der Waals surface area contributed by atoms with Gasteiger partial charge in [0.15, 0.2) is 0 Å². The van der Waals surface area contributed by atoms with Crippen LogP contribution in [0.3, 0.4) is 0 Å². The Balaban J connectivity index is 1.68. The highest BCUT2D eigenvalue weighted by Gasteiger charge is 2.23. The van der Waals surface area contributed by atoms with Gasteiger partial charge in [-0.05, 0) is 49.3 Å². The molecule has 0 bridgehead atoms. The highest BCUT2D eigenvalue weighted by Crippen LogP contribution is 2.23. The van der Waals surface area contributed by atoms with Crippen molar-refractivity contribution < 1.29 is 4.79 Å². The summed E-state index contributed by atoms with van der Waals surface area (Å²) in [6.45, 7) is 3.31. The van der Waals surface area contributed by atoms with E-state index in [2.05, 4.69) is 54.2 Å². The topological polar surface area (TPSA) is 26.8 Å². The number of rotatable bonds is 5. The van der Waals surface area contributed by atoms with E-state index in [0.717, 1.165) is 29.8 Å². The van der Waals surface area contributed by atoms with Crippen LogP contribution in [-0.4, -0.2) is 67.9 Å². The lowest BCUT2D eigenvalue weighted by atomic mass is 10.0. The van der Waals surface area contributed by atoms with E-state index in [0.29, 0.717) is 6.04 Å². The summed E-state index contributed by atoms with van der Waals surface area (Å²) in [5.41, 5.74) is 4.30. The third-order valence-corrected chi connectivity index (χ3v) is 5.19. The van der Waals surface area contributed by atoms with E-state index in [1.165, 1.54) is 18.5 Å². The smallest absolute Gasteiger partial charge is 0.253 e. The largest absolute Gasteiger partial charge is 0.345 e. The van der Waals surface area contributed by atoms with E-state index in [1.54, 1.807) is 19.0 Å². The Morgan fingerprint density at radius 3 is 2.38 bits per heavy atom. The monoisotopic (exact) mass is 351 g/mol. The van der Waals surface area contributed by atoms with Gasteiger partial charge in [-0.15, -0.1) is 0 Å². The molecular formula is C22H29N3O. The molecule has 1 fully saturated rings. The van der Waals surface area contributed by atoms with E-state index in [9.17, 15) is 4.79 Å².